The molecule has 0 spiro atoms. The third kappa shape index (κ3) is 2.77. The summed E-state index contributed by atoms with van der Waals surface area (Å²) < 4.78 is 46.4. The molecule has 0 amide bonds. The largest absolute Gasteiger partial charge is 0.252 e. The van der Waals surface area contributed by atoms with E-state index in [2.05, 4.69) is 0 Å². The van der Waals surface area contributed by atoms with E-state index in [9.17, 15) is 17.2 Å². The highest BCUT2D eigenvalue weighted by Crippen LogP contribution is 2.14. The van der Waals surface area contributed by atoms with Gasteiger partial charge in [0.15, 0.2) is 9.84 Å². The molecule has 0 N–H and O–H groups in total. The number of alkyl halides is 2. The first-order chi connectivity index (χ1) is 6.42. The number of benzene rings is 1. The monoisotopic (exact) mass is 220 g/mol. The third-order valence-corrected chi connectivity index (χ3v) is 3.41. The standard InChI is InChI=1S/C9H10F2O2S/c1-7-2-4-8(5-3-7)14(12,13)6-9(10)11/h2-5,9H,6H2,1H3. The van der Waals surface area contributed by atoms with Crippen LogP contribution in [0.2, 0.25) is 0 Å². The summed E-state index contributed by atoms with van der Waals surface area (Å²) in [6, 6.07) is 5.84. The zero-order chi connectivity index (χ0) is 10.8. The smallest absolute Gasteiger partial charge is 0.223 e. The predicted octanol–water partition coefficient (Wildman–Crippen LogP) is 2.03. The minimum Gasteiger partial charge on any atom is -0.223 e. The summed E-state index contributed by atoms with van der Waals surface area (Å²) in [6.07, 6.45) is -2.83. The molecule has 0 radical (unpaired) electrons. The molecule has 5 heteroatoms. The van der Waals surface area contributed by atoms with Gasteiger partial charge in [-0.3, -0.25) is 0 Å². The van der Waals surface area contributed by atoms with Gasteiger partial charge in [0.2, 0.25) is 0 Å². The maximum Gasteiger partial charge on any atom is 0.252 e. The van der Waals surface area contributed by atoms with Crippen LogP contribution in [0.25, 0.3) is 0 Å². The van der Waals surface area contributed by atoms with E-state index in [-0.39, 0.29) is 4.90 Å². The first kappa shape index (κ1) is 11.1. The van der Waals surface area contributed by atoms with E-state index in [0.717, 1.165) is 5.56 Å². The zero-order valence-electron chi connectivity index (χ0n) is 7.57. The Kier molecular flexibility index (Phi) is 3.21. The Morgan fingerprint density at radius 3 is 2.14 bits per heavy atom. The van der Waals surface area contributed by atoms with Crippen LogP contribution in [0.4, 0.5) is 8.78 Å². The van der Waals surface area contributed by atoms with Crippen LogP contribution in [0.1, 0.15) is 5.56 Å². The molecule has 0 heterocycles. The van der Waals surface area contributed by atoms with Crippen LogP contribution in [0.15, 0.2) is 29.2 Å². The predicted molar refractivity (Wildman–Crippen MR) is 49.2 cm³/mol. The highest BCUT2D eigenvalue weighted by Gasteiger charge is 2.19. The Bertz CT molecular complexity index is 395. The molecular weight excluding hydrogens is 210 g/mol. The fraction of sp³-hybridized carbons (Fsp3) is 0.333. The van der Waals surface area contributed by atoms with Gasteiger partial charge in [0.05, 0.1) is 4.90 Å². The molecular formula is C9H10F2O2S. The van der Waals surface area contributed by atoms with E-state index in [1.54, 1.807) is 19.1 Å². The van der Waals surface area contributed by atoms with Crippen LogP contribution in [-0.4, -0.2) is 20.6 Å². The lowest BCUT2D eigenvalue weighted by Gasteiger charge is -2.03. The van der Waals surface area contributed by atoms with E-state index < -0.39 is 22.0 Å². The second-order valence-corrected chi connectivity index (χ2v) is 5.02. The number of sulfone groups is 1. The van der Waals surface area contributed by atoms with Crippen molar-refractivity contribution in [1.82, 2.24) is 0 Å². The van der Waals surface area contributed by atoms with Crippen LogP contribution in [0.5, 0.6) is 0 Å². The summed E-state index contributed by atoms with van der Waals surface area (Å²) in [5.74, 6) is -1.12. The lowest BCUT2D eigenvalue weighted by molar-refractivity contribution is 0.174. The van der Waals surface area contributed by atoms with Crippen LogP contribution < -0.4 is 0 Å². The van der Waals surface area contributed by atoms with E-state index in [1.165, 1.54) is 12.1 Å². The molecule has 0 aromatic heterocycles. The van der Waals surface area contributed by atoms with Gasteiger partial charge in [0.1, 0.15) is 5.75 Å². The minimum absolute atomic E-state index is 0.0524. The van der Waals surface area contributed by atoms with Crippen molar-refractivity contribution in [2.75, 3.05) is 5.75 Å². The van der Waals surface area contributed by atoms with Gasteiger partial charge in [-0.2, -0.15) is 0 Å². The highest BCUT2D eigenvalue weighted by atomic mass is 32.2. The van der Waals surface area contributed by atoms with E-state index >= 15 is 0 Å². The van der Waals surface area contributed by atoms with Gasteiger partial charge in [-0.15, -0.1) is 0 Å². The van der Waals surface area contributed by atoms with Crippen molar-refractivity contribution in [3.8, 4) is 0 Å². The van der Waals surface area contributed by atoms with Crippen molar-refractivity contribution < 1.29 is 17.2 Å². The van der Waals surface area contributed by atoms with Crippen molar-refractivity contribution in [2.45, 2.75) is 18.2 Å². The lowest BCUT2D eigenvalue weighted by atomic mass is 10.2. The molecule has 0 unspecified atom stereocenters. The molecule has 0 aliphatic heterocycles. The molecule has 0 bridgehead atoms. The van der Waals surface area contributed by atoms with Crippen LogP contribution in [0, 0.1) is 6.92 Å². The number of hydrogen-bond acceptors (Lipinski definition) is 2. The van der Waals surface area contributed by atoms with Crippen LogP contribution in [-0.2, 0) is 9.84 Å². The Balaban J connectivity index is 2.99. The average Bonchev–Trinajstić information content (AvgIpc) is 2.02. The zero-order valence-corrected chi connectivity index (χ0v) is 8.39. The van der Waals surface area contributed by atoms with Crippen LogP contribution in [0.3, 0.4) is 0 Å². The van der Waals surface area contributed by atoms with Gasteiger partial charge in [0.25, 0.3) is 6.43 Å². The molecule has 14 heavy (non-hydrogen) atoms. The summed E-state index contributed by atoms with van der Waals surface area (Å²) in [4.78, 5) is -0.0524. The SMILES string of the molecule is Cc1ccc(S(=O)(=O)CC(F)F)cc1. The Morgan fingerprint density at radius 2 is 1.71 bits per heavy atom. The topological polar surface area (TPSA) is 34.1 Å². The molecule has 0 aliphatic rings. The summed E-state index contributed by atoms with van der Waals surface area (Å²) in [5, 5.41) is 0. The van der Waals surface area contributed by atoms with Gasteiger partial charge in [-0.25, -0.2) is 17.2 Å². The summed E-state index contributed by atoms with van der Waals surface area (Å²) >= 11 is 0. The van der Waals surface area contributed by atoms with Gasteiger partial charge in [0, 0.05) is 0 Å². The average molecular weight is 220 g/mol. The Morgan fingerprint density at radius 1 is 1.21 bits per heavy atom. The molecule has 0 fully saturated rings. The molecule has 0 atom stereocenters. The second-order valence-electron chi connectivity index (χ2n) is 2.99. The van der Waals surface area contributed by atoms with Crippen LogP contribution >= 0.6 is 0 Å². The van der Waals surface area contributed by atoms with E-state index in [0.29, 0.717) is 0 Å². The van der Waals surface area contributed by atoms with E-state index in [1.807, 2.05) is 0 Å². The minimum atomic E-state index is -3.83. The molecule has 1 rings (SSSR count). The quantitative estimate of drug-likeness (QED) is 0.781. The first-order valence-corrected chi connectivity index (χ1v) is 5.64. The third-order valence-electron chi connectivity index (χ3n) is 1.73. The van der Waals surface area contributed by atoms with E-state index in [4.69, 9.17) is 0 Å². The maximum absolute atomic E-state index is 11.9. The van der Waals surface area contributed by atoms with Crippen molar-refractivity contribution in [3.05, 3.63) is 29.8 Å². The molecule has 0 aliphatic carbocycles. The van der Waals surface area contributed by atoms with Crippen molar-refractivity contribution in [3.63, 3.8) is 0 Å². The number of rotatable bonds is 3. The first-order valence-electron chi connectivity index (χ1n) is 3.99. The lowest BCUT2D eigenvalue weighted by Crippen LogP contribution is -2.13. The molecule has 0 saturated carbocycles. The summed E-state index contributed by atoms with van der Waals surface area (Å²) in [7, 11) is -3.83. The number of halogens is 2. The highest BCUT2D eigenvalue weighted by molar-refractivity contribution is 7.91. The molecule has 1 aromatic rings. The Labute approximate surface area is 81.5 Å². The molecule has 2 nitrogen and oxygen atoms in total. The Hall–Kier alpha value is -0.970. The molecule has 1 aromatic carbocycles. The van der Waals surface area contributed by atoms with Gasteiger partial charge >= 0.3 is 0 Å². The number of aryl methyl sites for hydroxylation is 1. The second kappa shape index (κ2) is 4.04. The fourth-order valence-electron chi connectivity index (χ4n) is 1.01. The normalized spacial score (nSPS) is 12.0. The number of hydrogen-bond donors (Lipinski definition) is 0. The summed E-state index contributed by atoms with van der Waals surface area (Å²) in [6.45, 7) is 1.80. The van der Waals surface area contributed by atoms with Gasteiger partial charge in [-0.05, 0) is 19.1 Å². The van der Waals surface area contributed by atoms with Crippen molar-refractivity contribution in [2.24, 2.45) is 0 Å². The van der Waals surface area contributed by atoms with Gasteiger partial charge in [-0.1, -0.05) is 17.7 Å². The summed E-state index contributed by atoms with van der Waals surface area (Å²) in [5.41, 5.74) is 0.890. The molecule has 0 saturated heterocycles. The van der Waals surface area contributed by atoms with Gasteiger partial charge < -0.3 is 0 Å². The maximum atomic E-state index is 11.9. The van der Waals surface area contributed by atoms with Crippen molar-refractivity contribution in [1.29, 1.82) is 0 Å². The molecule has 78 valence electrons. The fourth-order valence-corrected chi connectivity index (χ4v) is 2.08. The van der Waals surface area contributed by atoms with Crippen molar-refractivity contribution >= 4 is 9.84 Å².